The van der Waals surface area contributed by atoms with Crippen LogP contribution in [0, 0.1) is 0 Å². The highest BCUT2D eigenvalue weighted by molar-refractivity contribution is 5.76. The average Bonchev–Trinajstić information content (AvgIpc) is 2.83. The Bertz CT molecular complexity index is 264. The lowest BCUT2D eigenvalue weighted by Gasteiger charge is -2.18. The third-order valence-electron chi connectivity index (χ3n) is 4.86. The van der Waals surface area contributed by atoms with Gasteiger partial charge in [-0.15, -0.1) is 0 Å². The first-order chi connectivity index (χ1) is 9.84. The van der Waals surface area contributed by atoms with Gasteiger partial charge in [0.1, 0.15) is 0 Å². The van der Waals surface area contributed by atoms with Crippen molar-refractivity contribution in [3.05, 3.63) is 0 Å². The van der Waals surface area contributed by atoms with Gasteiger partial charge in [0.25, 0.3) is 0 Å². The summed E-state index contributed by atoms with van der Waals surface area (Å²) in [4.78, 5) is 12.0. The number of rotatable bonds is 5. The summed E-state index contributed by atoms with van der Waals surface area (Å²) in [6.07, 6.45) is 16.3. The van der Waals surface area contributed by atoms with Gasteiger partial charge in [0.15, 0.2) is 0 Å². The van der Waals surface area contributed by atoms with Crippen LogP contribution in [0.2, 0.25) is 0 Å². The number of carbonyl (C=O) groups excluding carboxylic acids is 1. The van der Waals surface area contributed by atoms with E-state index in [-0.39, 0.29) is 5.91 Å². The summed E-state index contributed by atoms with van der Waals surface area (Å²) in [5.74, 6) is 0.248. The Morgan fingerprint density at radius 3 is 1.80 bits per heavy atom. The third-order valence-corrected chi connectivity index (χ3v) is 4.86. The monoisotopic (exact) mass is 280 g/mol. The van der Waals surface area contributed by atoms with Gasteiger partial charge in [0, 0.05) is 25.0 Å². The van der Waals surface area contributed by atoms with Gasteiger partial charge in [-0.05, 0) is 25.7 Å². The fourth-order valence-electron chi connectivity index (χ4n) is 3.60. The molecule has 0 radical (unpaired) electrons. The van der Waals surface area contributed by atoms with Gasteiger partial charge in [-0.25, -0.2) is 0 Å². The van der Waals surface area contributed by atoms with Gasteiger partial charge in [-0.3, -0.25) is 4.79 Å². The molecule has 0 unspecified atom stereocenters. The topological polar surface area (TPSA) is 41.1 Å². The van der Waals surface area contributed by atoms with E-state index in [1.807, 2.05) is 0 Å². The number of hydrogen-bond acceptors (Lipinski definition) is 2. The minimum absolute atomic E-state index is 0.248. The lowest BCUT2D eigenvalue weighted by Crippen LogP contribution is -2.37. The molecule has 0 aromatic rings. The maximum absolute atomic E-state index is 12.0. The van der Waals surface area contributed by atoms with Crippen LogP contribution in [0.15, 0.2) is 0 Å². The molecule has 0 aromatic carbocycles. The molecule has 2 rings (SSSR count). The normalized spacial score (nSPS) is 23.0. The first-order valence-electron chi connectivity index (χ1n) is 8.87. The minimum Gasteiger partial charge on any atom is -0.353 e. The van der Waals surface area contributed by atoms with Crippen molar-refractivity contribution in [3.63, 3.8) is 0 Å². The molecule has 3 heteroatoms. The molecule has 0 saturated heterocycles. The van der Waals surface area contributed by atoms with Crippen molar-refractivity contribution in [1.82, 2.24) is 10.6 Å². The Balaban J connectivity index is 1.57. The van der Waals surface area contributed by atoms with Gasteiger partial charge in [0.05, 0.1) is 0 Å². The molecular weight excluding hydrogens is 248 g/mol. The number of amides is 1. The van der Waals surface area contributed by atoms with Gasteiger partial charge in [0.2, 0.25) is 5.91 Å². The molecule has 0 spiro atoms. The molecule has 0 atom stereocenters. The maximum atomic E-state index is 12.0. The Hall–Kier alpha value is -0.570. The smallest absolute Gasteiger partial charge is 0.221 e. The molecule has 20 heavy (non-hydrogen) atoms. The molecule has 2 aliphatic carbocycles. The summed E-state index contributed by atoms with van der Waals surface area (Å²) in [5, 5.41) is 6.81. The minimum atomic E-state index is 0.248. The maximum Gasteiger partial charge on any atom is 0.221 e. The van der Waals surface area contributed by atoms with Crippen LogP contribution in [-0.4, -0.2) is 24.5 Å². The van der Waals surface area contributed by atoms with E-state index >= 15 is 0 Å². The largest absolute Gasteiger partial charge is 0.353 e. The van der Waals surface area contributed by atoms with Crippen LogP contribution in [0.25, 0.3) is 0 Å². The lowest BCUT2D eigenvalue weighted by atomic mass is 10.1. The molecule has 3 nitrogen and oxygen atoms in total. The van der Waals surface area contributed by atoms with Crippen LogP contribution >= 0.6 is 0 Å². The standard InChI is InChI=1S/C17H32N2O/c20-17(19-16-11-7-3-4-8-12-16)13-14-18-15-9-5-1-2-6-10-15/h15-16,18H,1-14H2,(H,19,20). The second-order valence-corrected chi connectivity index (χ2v) is 6.65. The van der Waals surface area contributed by atoms with Gasteiger partial charge in [-0.2, -0.15) is 0 Å². The summed E-state index contributed by atoms with van der Waals surface area (Å²) < 4.78 is 0. The molecule has 1 amide bonds. The highest BCUT2D eigenvalue weighted by Crippen LogP contribution is 2.18. The van der Waals surface area contributed by atoms with Crippen LogP contribution in [0.3, 0.4) is 0 Å². The van der Waals surface area contributed by atoms with Crippen LogP contribution in [-0.2, 0) is 4.79 Å². The van der Waals surface area contributed by atoms with E-state index in [0.717, 1.165) is 6.54 Å². The van der Waals surface area contributed by atoms with E-state index < -0.39 is 0 Å². The zero-order valence-corrected chi connectivity index (χ0v) is 13.0. The summed E-state index contributed by atoms with van der Waals surface area (Å²) in [7, 11) is 0. The second kappa shape index (κ2) is 9.38. The zero-order chi connectivity index (χ0) is 14.0. The zero-order valence-electron chi connectivity index (χ0n) is 13.0. The first-order valence-corrected chi connectivity index (χ1v) is 8.87. The Kier molecular flexibility index (Phi) is 7.42. The molecule has 2 fully saturated rings. The van der Waals surface area contributed by atoms with E-state index in [1.165, 1.54) is 77.0 Å². The summed E-state index contributed by atoms with van der Waals surface area (Å²) >= 11 is 0. The van der Waals surface area contributed by atoms with Crippen molar-refractivity contribution in [2.45, 2.75) is 95.6 Å². The molecule has 2 aliphatic rings. The number of nitrogens with one attached hydrogen (secondary N) is 2. The van der Waals surface area contributed by atoms with Crippen molar-refractivity contribution < 1.29 is 4.79 Å². The van der Waals surface area contributed by atoms with Crippen LogP contribution in [0.1, 0.15) is 83.5 Å². The predicted molar refractivity (Wildman–Crippen MR) is 83.7 cm³/mol. The lowest BCUT2D eigenvalue weighted by molar-refractivity contribution is -0.121. The Morgan fingerprint density at radius 2 is 1.25 bits per heavy atom. The van der Waals surface area contributed by atoms with Crippen molar-refractivity contribution in [2.75, 3.05) is 6.54 Å². The van der Waals surface area contributed by atoms with Crippen LogP contribution < -0.4 is 10.6 Å². The Morgan fingerprint density at radius 1 is 0.750 bits per heavy atom. The highest BCUT2D eigenvalue weighted by Gasteiger charge is 2.15. The number of hydrogen-bond donors (Lipinski definition) is 2. The fraction of sp³-hybridized carbons (Fsp3) is 0.941. The summed E-state index contributed by atoms with van der Waals surface area (Å²) in [5.41, 5.74) is 0. The van der Waals surface area contributed by atoms with Crippen molar-refractivity contribution in [2.24, 2.45) is 0 Å². The molecule has 0 heterocycles. The van der Waals surface area contributed by atoms with Crippen molar-refractivity contribution in [1.29, 1.82) is 0 Å². The molecule has 0 bridgehead atoms. The molecule has 0 aromatic heterocycles. The van der Waals surface area contributed by atoms with Crippen molar-refractivity contribution >= 4 is 5.91 Å². The molecule has 0 aliphatic heterocycles. The molecular formula is C17H32N2O. The van der Waals surface area contributed by atoms with E-state index in [0.29, 0.717) is 18.5 Å². The van der Waals surface area contributed by atoms with Crippen LogP contribution in [0.4, 0.5) is 0 Å². The van der Waals surface area contributed by atoms with Gasteiger partial charge >= 0.3 is 0 Å². The van der Waals surface area contributed by atoms with Crippen molar-refractivity contribution in [3.8, 4) is 0 Å². The average molecular weight is 280 g/mol. The molecule has 116 valence electrons. The quantitative estimate of drug-likeness (QED) is 0.756. The SMILES string of the molecule is O=C(CCNC1CCCCCC1)NC1CCCCCC1. The van der Waals surface area contributed by atoms with E-state index in [1.54, 1.807) is 0 Å². The van der Waals surface area contributed by atoms with E-state index in [2.05, 4.69) is 10.6 Å². The fourth-order valence-corrected chi connectivity index (χ4v) is 3.60. The van der Waals surface area contributed by atoms with Gasteiger partial charge < -0.3 is 10.6 Å². The van der Waals surface area contributed by atoms with E-state index in [9.17, 15) is 4.79 Å². The summed E-state index contributed by atoms with van der Waals surface area (Å²) in [6, 6.07) is 1.10. The first kappa shape index (κ1) is 15.8. The van der Waals surface area contributed by atoms with Crippen LogP contribution in [0.5, 0.6) is 0 Å². The predicted octanol–water partition coefficient (Wildman–Crippen LogP) is 3.53. The molecule has 2 N–H and O–H groups in total. The second-order valence-electron chi connectivity index (χ2n) is 6.65. The summed E-state index contributed by atoms with van der Waals surface area (Å²) in [6.45, 7) is 0.850. The molecule has 2 saturated carbocycles. The highest BCUT2D eigenvalue weighted by atomic mass is 16.1. The number of carbonyl (C=O) groups is 1. The Labute approximate surface area is 124 Å². The third kappa shape index (κ3) is 6.25. The van der Waals surface area contributed by atoms with Gasteiger partial charge in [-0.1, -0.05) is 51.4 Å². The van der Waals surface area contributed by atoms with E-state index in [4.69, 9.17) is 0 Å².